The molecule has 0 spiro atoms. The summed E-state index contributed by atoms with van der Waals surface area (Å²) in [5.74, 6) is -0.842. The Morgan fingerprint density at radius 3 is 2.21 bits per heavy atom. The molecule has 2 atom stereocenters. The highest BCUT2D eigenvalue weighted by atomic mass is 16.4. The van der Waals surface area contributed by atoms with Crippen LogP contribution in [0.3, 0.4) is 0 Å². The number of allylic oxidation sites excluding steroid dienone is 5. The summed E-state index contributed by atoms with van der Waals surface area (Å²) in [5, 5.41) is 27.9. The summed E-state index contributed by atoms with van der Waals surface area (Å²) < 4.78 is 0. The highest BCUT2D eigenvalue weighted by molar-refractivity contribution is 5.66. The molecular weight excluding hydrogens is 304 g/mol. The van der Waals surface area contributed by atoms with E-state index in [1.807, 2.05) is 6.08 Å². The fourth-order valence-electron chi connectivity index (χ4n) is 2.02. The molecule has 3 N–H and O–H groups in total. The van der Waals surface area contributed by atoms with Crippen molar-refractivity contribution in [2.45, 2.75) is 70.5 Å². The number of aliphatic hydroxyl groups is 2. The highest BCUT2D eigenvalue weighted by Crippen LogP contribution is 2.03. The van der Waals surface area contributed by atoms with Gasteiger partial charge in [0.1, 0.15) is 0 Å². The third-order valence-corrected chi connectivity index (χ3v) is 3.41. The van der Waals surface area contributed by atoms with Crippen LogP contribution in [0.25, 0.3) is 0 Å². The molecule has 24 heavy (non-hydrogen) atoms. The molecule has 0 aliphatic rings. The molecule has 0 rings (SSSR count). The van der Waals surface area contributed by atoms with Crippen LogP contribution in [0.4, 0.5) is 0 Å². The molecule has 0 bridgehead atoms. The minimum Gasteiger partial charge on any atom is -0.481 e. The van der Waals surface area contributed by atoms with E-state index in [-0.39, 0.29) is 6.42 Å². The van der Waals surface area contributed by atoms with E-state index in [0.717, 1.165) is 6.42 Å². The molecule has 0 aliphatic heterocycles. The van der Waals surface area contributed by atoms with Gasteiger partial charge in [0, 0.05) is 6.42 Å². The van der Waals surface area contributed by atoms with Gasteiger partial charge in [-0.25, -0.2) is 0 Å². The molecule has 0 heterocycles. The van der Waals surface area contributed by atoms with Gasteiger partial charge in [0.25, 0.3) is 0 Å². The van der Waals surface area contributed by atoms with E-state index in [9.17, 15) is 15.0 Å². The number of unbranched alkanes of at least 4 members (excludes halogenated alkanes) is 3. The van der Waals surface area contributed by atoms with E-state index in [2.05, 4.69) is 13.0 Å². The maximum absolute atomic E-state index is 10.3. The zero-order valence-corrected chi connectivity index (χ0v) is 14.7. The Morgan fingerprint density at radius 1 is 0.917 bits per heavy atom. The Kier molecular flexibility index (Phi) is 15.1. The maximum Gasteiger partial charge on any atom is 0.303 e. The second kappa shape index (κ2) is 16.2. The average Bonchev–Trinajstić information content (AvgIpc) is 2.53. The molecule has 0 aromatic carbocycles. The number of aliphatic carboxylic acids is 1. The molecule has 0 fully saturated rings. The molecule has 0 aromatic heterocycles. The van der Waals surface area contributed by atoms with Gasteiger partial charge in [-0.05, 0) is 32.1 Å². The van der Waals surface area contributed by atoms with E-state index in [4.69, 9.17) is 5.11 Å². The molecule has 0 radical (unpaired) electrons. The maximum atomic E-state index is 10.3. The first kappa shape index (κ1) is 22.4. The van der Waals surface area contributed by atoms with Gasteiger partial charge in [-0.1, -0.05) is 68.4 Å². The predicted molar refractivity (Wildman–Crippen MR) is 98.8 cm³/mol. The average molecular weight is 336 g/mol. The van der Waals surface area contributed by atoms with Gasteiger partial charge < -0.3 is 15.3 Å². The topological polar surface area (TPSA) is 77.8 Å². The largest absolute Gasteiger partial charge is 0.481 e. The van der Waals surface area contributed by atoms with E-state index >= 15 is 0 Å². The minimum atomic E-state index is -0.842. The third-order valence-electron chi connectivity index (χ3n) is 3.41. The van der Waals surface area contributed by atoms with Crippen molar-refractivity contribution in [1.29, 1.82) is 0 Å². The van der Waals surface area contributed by atoms with Gasteiger partial charge in [0.15, 0.2) is 0 Å². The summed E-state index contributed by atoms with van der Waals surface area (Å²) in [6.07, 6.45) is 19.8. The van der Waals surface area contributed by atoms with Gasteiger partial charge in [-0.15, -0.1) is 0 Å². The standard InChI is InChI=1S/C20H32O4/c1-2-3-4-5-6-9-13-18(21)14-10-7-8-11-15-19(22)16-12-17-20(23)24/h6-11,14-15,18-19,21-22H,2-5,12-13,16-17H2,1H3,(H,23,24)/b8-7+,9-6-,14-10+,15-11-/t18-,19+/m1/s1. The number of hydrogen-bond acceptors (Lipinski definition) is 3. The Labute approximate surface area is 145 Å². The van der Waals surface area contributed by atoms with Gasteiger partial charge in [-0.3, -0.25) is 4.79 Å². The Morgan fingerprint density at radius 2 is 1.58 bits per heavy atom. The quantitative estimate of drug-likeness (QED) is 0.253. The number of carboxylic acids is 1. The fourth-order valence-corrected chi connectivity index (χ4v) is 2.02. The molecule has 0 saturated carbocycles. The van der Waals surface area contributed by atoms with Crippen molar-refractivity contribution in [3.05, 3.63) is 48.6 Å². The van der Waals surface area contributed by atoms with Crippen LogP contribution < -0.4 is 0 Å². The van der Waals surface area contributed by atoms with Crippen LogP contribution in [-0.2, 0) is 4.79 Å². The van der Waals surface area contributed by atoms with Gasteiger partial charge >= 0.3 is 5.97 Å². The second-order valence-electron chi connectivity index (χ2n) is 5.78. The highest BCUT2D eigenvalue weighted by Gasteiger charge is 2.01. The molecule has 4 heteroatoms. The molecule has 0 aliphatic carbocycles. The smallest absolute Gasteiger partial charge is 0.303 e. The number of rotatable bonds is 14. The lowest BCUT2D eigenvalue weighted by Gasteiger charge is -2.02. The lowest BCUT2D eigenvalue weighted by atomic mass is 10.1. The molecule has 0 amide bonds. The summed E-state index contributed by atoms with van der Waals surface area (Å²) in [6, 6.07) is 0. The van der Waals surface area contributed by atoms with Crippen molar-refractivity contribution < 1.29 is 20.1 Å². The van der Waals surface area contributed by atoms with Crippen LogP contribution in [0.5, 0.6) is 0 Å². The first-order chi connectivity index (χ1) is 11.6. The van der Waals surface area contributed by atoms with Gasteiger partial charge in [0.05, 0.1) is 12.2 Å². The van der Waals surface area contributed by atoms with Crippen molar-refractivity contribution in [2.75, 3.05) is 0 Å². The summed E-state index contributed by atoms with van der Waals surface area (Å²) in [5.41, 5.74) is 0. The number of carboxylic acid groups (broad SMARTS) is 1. The number of aliphatic hydroxyl groups excluding tert-OH is 2. The number of hydrogen-bond donors (Lipinski definition) is 3. The molecular formula is C20H32O4. The fraction of sp³-hybridized carbons (Fsp3) is 0.550. The predicted octanol–water partition coefficient (Wildman–Crippen LogP) is 4.16. The van der Waals surface area contributed by atoms with Crippen LogP contribution in [0.15, 0.2) is 48.6 Å². The van der Waals surface area contributed by atoms with Crippen molar-refractivity contribution in [1.82, 2.24) is 0 Å². The third kappa shape index (κ3) is 16.7. The monoisotopic (exact) mass is 336 g/mol. The van der Waals surface area contributed by atoms with Crippen molar-refractivity contribution in [2.24, 2.45) is 0 Å². The SMILES string of the molecule is CCCCC/C=C\C[C@@H](O)/C=C/C=C/C=C\[C@H](O)CCCC(=O)O. The summed E-state index contributed by atoms with van der Waals surface area (Å²) in [4.78, 5) is 10.3. The molecule has 0 aromatic rings. The summed E-state index contributed by atoms with van der Waals surface area (Å²) in [6.45, 7) is 2.18. The van der Waals surface area contributed by atoms with Crippen LogP contribution >= 0.6 is 0 Å². The summed E-state index contributed by atoms with van der Waals surface area (Å²) >= 11 is 0. The van der Waals surface area contributed by atoms with Gasteiger partial charge in [0.2, 0.25) is 0 Å². The Balaban J connectivity index is 3.81. The Bertz CT molecular complexity index is 421. The molecule has 136 valence electrons. The summed E-state index contributed by atoms with van der Waals surface area (Å²) in [7, 11) is 0. The van der Waals surface area contributed by atoms with Crippen molar-refractivity contribution in [3.63, 3.8) is 0 Å². The zero-order chi connectivity index (χ0) is 18.0. The molecule has 0 unspecified atom stereocenters. The normalized spacial score (nSPS) is 15.1. The second-order valence-corrected chi connectivity index (χ2v) is 5.78. The van der Waals surface area contributed by atoms with Crippen molar-refractivity contribution >= 4 is 5.97 Å². The van der Waals surface area contributed by atoms with Crippen molar-refractivity contribution in [3.8, 4) is 0 Å². The minimum absolute atomic E-state index is 0.0778. The van der Waals surface area contributed by atoms with Crippen LogP contribution in [0.2, 0.25) is 0 Å². The number of carbonyl (C=O) groups is 1. The van der Waals surface area contributed by atoms with E-state index in [1.54, 1.807) is 36.5 Å². The van der Waals surface area contributed by atoms with E-state index in [1.165, 1.54) is 19.3 Å². The molecule has 0 saturated heterocycles. The zero-order valence-electron chi connectivity index (χ0n) is 14.7. The first-order valence-electron chi connectivity index (χ1n) is 8.80. The van der Waals surface area contributed by atoms with Crippen LogP contribution in [-0.4, -0.2) is 33.5 Å². The van der Waals surface area contributed by atoms with E-state index in [0.29, 0.717) is 19.3 Å². The lowest BCUT2D eigenvalue weighted by Crippen LogP contribution is -2.03. The van der Waals surface area contributed by atoms with Gasteiger partial charge in [-0.2, -0.15) is 0 Å². The lowest BCUT2D eigenvalue weighted by molar-refractivity contribution is -0.137. The van der Waals surface area contributed by atoms with Crippen LogP contribution in [0.1, 0.15) is 58.3 Å². The Hall–Kier alpha value is -1.65. The van der Waals surface area contributed by atoms with Crippen LogP contribution in [0, 0.1) is 0 Å². The molecule has 4 nitrogen and oxygen atoms in total. The first-order valence-corrected chi connectivity index (χ1v) is 8.80. The van der Waals surface area contributed by atoms with E-state index < -0.39 is 18.2 Å².